The summed E-state index contributed by atoms with van der Waals surface area (Å²) in [5.41, 5.74) is 4.16. The Balaban J connectivity index is 1.14. The number of ether oxygens (including phenoxy) is 4. The van der Waals surface area contributed by atoms with Gasteiger partial charge in [-0.2, -0.15) is 5.10 Å². The molecule has 0 aliphatic heterocycles. The number of aromatic nitrogens is 1. The molecule has 5 rings (SSSR count). The summed E-state index contributed by atoms with van der Waals surface area (Å²) in [5.74, 6) is -2.70. The van der Waals surface area contributed by atoms with Crippen LogP contribution in [-0.2, 0) is 38.2 Å². The highest BCUT2D eigenvalue weighted by Crippen LogP contribution is 2.33. The first-order valence-electron chi connectivity index (χ1n) is 20.0. The number of hydrazone groups is 1. The second-order valence-corrected chi connectivity index (χ2v) is 15.4. The van der Waals surface area contributed by atoms with Crippen LogP contribution in [0.25, 0.3) is 10.2 Å². The van der Waals surface area contributed by atoms with Gasteiger partial charge in [0, 0.05) is 42.6 Å². The van der Waals surface area contributed by atoms with Crippen LogP contribution in [0.4, 0.5) is 5.13 Å². The Morgan fingerprint density at radius 2 is 1.27 bits per heavy atom. The van der Waals surface area contributed by atoms with E-state index in [-0.39, 0.29) is 54.3 Å². The highest BCUT2D eigenvalue weighted by atomic mass is 32.1. The molecule has 0 radical (unpaired) electrons. The second kappa shape index (κ2) is 22.9. The van der Waals surface area contributed by atoms with Gasteiger partial charge >= 0.3 is 23.9 Å². The summed E-state index contributed by atoms with van der Waals surface area (Å²) in [6.45, 7) is 8.00. The number of benzene rings is 2. The summed E-state index contributed by atoms with van der Waals surface area (Å²) < 4.78 is 22.6. The molecule has 16 heteroatoms. The van der Waals surface area contributed by atoms with Crippen LogP contribution < -0.4 is 25.5 Å². The maximum absolute atomic E-state index is 13.4. The van der Waals surface area contributed by atoms with Crippen LogP contribution in [0.15, 0.2) is 72.9 Å². The number of anilines is 1. The van der Waals surface area contributed by atoms with Crippen molar-refractivity contribution in [2.24, 2.45) is 28.8 Å². The molecule has 314 valence electrons. The lowest BCUT2D eigenvalue weighted by molar-refractivity contribution is -0.142. The van der Waals surface area contributed by atoms with Crippen molar-refractivity contribution in [1.29, 1.82) is 0 Å². The number of nitrogens with one attached hydrogen (secondary N) is 3. The Labute approximate surface area is 347 Å². The molecule has 0 spiro atoms. The zero-order valence-electron chi connectivity index (χ0n) is 33.0. The minimum Gasteiger partial charge on any atom is -0.463 e. The highest BCUT2D eigenvalue weighted by Gasteiger charge is 2.33. The van der Waals surface area contributed by atoms with Crippen molar-refractivity contribution in [1.82, 2.24) is 15.6 Å². The number of thiazole rings is 1. The van der Waals surface area contributed by atoms with Crippen LogP contribution in [0.5, 0.6) is 11.5 Å². The van der Waals surface area contributed by atoms with Crippen LogP contribution in [0.2, 0.25) is 0 Å². The first kappa shape index (κ1) is 44.2. The van der Waals surface area contributed by atoms with E-state index in [2.05, 4.69) is 39.3 Å². The van der Waals surface area contributed by atoms with E-state index in [0.29, 0.717) is 94.4 Å². The number of carbonyl (C=O) groups excluding carboxylic acids is 6. The monoisotopic (exact) mass is 829 g/mol. The van der Waals surface area contributed by atoms with Crippen LogP contribution in [0.1, 0.15) is 76.2 Å². The molecular weight excluding hydrogens is 779 g/mol. The van der Waals surface area contributed by atoms with Crippen LogP contribution in [0, 0.1) is 23.7 Å². The molecule has 1 aromatic heterocycles. The van der Waals surface area contributed by atoms with E-state index in [1.165, 1.54) is 17.6 Å². The third-order valence-electron chi connectivity index (χ3n) is 10.2. The Morgan fingerprint density at radius 1 is 0.712 bits per heavy atom. The fourth-order valence-electron chi connectivity index (χ4n) is 6.91. The zero-order chi connectivity index (χ0) is 42.0. The number of hydrogen-bond donors (Lipinski definition) is 3. The van der Waals surface area contributed by atoms with E-state index in [0.717, 1.165) is 22.4 Å². The molecule has 3 aromatic rings. The van der Waals surface area contributed by atoms with Gasteiger partial charge in [0.05, 0.1) is 41.5 Å². The van der Waals surface area contributed by atoms with Gasteiger partial charge in [0.1, 0.15) is 11.5 Å². The van der Waals surface area contributed by atoms with E-state index >= 15 is 0 Å². The van der Waals surface area contributed by atoms with E-state index in [1.54, 1.807) is 18.2 Å². The molecule has 0 atom stereocenters. The number of nitrogens with zero attached hydrogens (tertiary/aromatic N) is 2. The minimum absolute atomic E-state index is 0.0554. The summed E-state index contributed by atoms with van der Waals surface area (Å²) in [5, 5.41) is 10.7. The first-order valence-corrected chi connectivity index (χ1v) is 20.8. The molecule has 0 saturated heterocycles. The average molecular weight is 830 g/mol. The fourth-order valence-corrected chi connectivity index (χ4v) is 7.72. The number of esters is 4. The Morgan fingerprint density at radius 3 is 1.88 bits per heavy atom. The predicted octanol–water partition coefficient (Wildman–Crippen LogP) is 6.03. The average Bonchev–Trinajstić information content (AvgIpc) is 3.68. The first-order chi connectivity index (χ1) is 28.6. The molecule has 2 saturated carbocycles. The molecular formula is C43H51N5O10S. The molecule has 0 bridgehead atoms. The lowest BCUT2D eigenvalue weighted by Crippen LogP contribution is -2.36. The number of unbranched alkanes of at least 4 members (excludes halogenated alkanes) is 1. The van der Waals surface area contributed by atoms with Gasteiger partial charge in [-0.25, -0.2) is 14.6 Å². The number of hydrogen-bond acceptors (Lipinski definition) is 14. The van der Waals surface area contributed by atoms with Crippen molar-refractivity contribution in [3.05, 3.63) is 73.3 Å². The van der Waals surface area contributed by atoms with Gasteiger partial charge in [-0.1, -0.05) is 36.6 Å². The van der Waals surface area contributed by atoms with Gasteiger partial charge in [0.2, 0.25) is 16.9 Å². The number of carbonyl (C=O) groups is 6. The summed E-state index contributed by atoms with van der Waals surface area (Å²) in [4.78, 5) is 79.0. The van der Waals surface area contributed by atoms with Crippen molar-refractivity contribution in [3.8, 4) is 11.5 Å². The second-order valence-electron chi connectivity index (χ2n) is 14.4. The third-order valence-corrected chi connectivity index (χ3v) is 11.2. The summed E-state index contributed by atoms with van der Waals surface area (Å²) >= 11 is 1.43. The van der Waals surface area contributed by atoms with Crippen molar-refractivity contribution >= 4 is 68.6 Å². The fraction of sp³-hybridized carbons (Fsp3) is 0.442. The van der Waals surface area contributed by atoms with Gasteiger partial charge in [-0.3, -0.25) is 24.6 Å². The van der Waals surface area contributed by atoms with Gasteiger partial charge in [-0.05, 0) is 101 Å². The number of amides is 2. The molecule has 59 heavy (non-hydrogen) atoms. The lowest BCUT2D eigenvalue weighted by Gasteiger charge is -2.27. The van der Waals surface area contributed by atoms with Crippen molar-refractivity contribution in [3.63, 3.8) is 0 Å². The Bertz CT molecular complexity index is 1970. The Kier molecular flexibility index (Phi) is 17.1. The normalized spacial score (nSPS) is 18.9. The summed E-state index contributed by atoms with van der Waals surface area (Å²) in [6, 6.07) is 12.4. The quantitative estimate of drug-likeness (QED) is 0.0299. The molecule has 2 aromatic carbocycles. The molecule has 2 fully saturated rings. The standard InChI is InChI=1S/C43H51N5O10S/c1-3-37(49)55-24-8-7-22-44-39(51)28-14-18-31(19-15-28)42(54)58-35-21-20-33(26-32(35)27-46-48-43-47-34-10-5-6-11-36(34)59-43)57-41(53)30-16-12-29(13-17-30)40(52)45-23-9-25-56-38(50)4-2/h3-6,10-11,20-21,26-31H,1-2,7-9,12-19,22-25H2,(H,44,51)(H,45,52)(H,47,48)/b46-27+. The SMILES string of the molecule is C=CC(=O)OCCCCNC(=O)C1CCC(C(=O)Oc2ccc(OC(=O)C3CCC(C(=O)NCCCOC(=O)C=C)CC3)cc2/C=N/Nc2nc3ccccc3s2)CC1. The summed E-state index contributed by atoms with van der Waals surface area (Å²) in [7, 11) is 0. The van der Waals surface area contributed by atoms with E-state index in [1.807, 2.05) is 24.3 Å². The molecule has 3 N–H and O–H groups in total. The summed E-state index contributed by atoms with van der Waals surface area (Å²) in [6.07, 6.45) is 9.56. The maximum atomic E-state index is 13.4. The largest absolute Gasteiger partial charge is 0.463 e. The van der Waals surface area contributed by atoms with Crippen molar-refractivity contribution < 1.29 is 47.7 Å². The lowest BCUT2D eigenvalue weighted by atomic mass is 9.81. The molecule has 0 unspecified atom stereocenters. The molecule has 2 aliphatic rings. The molecule has 15 nitrogen and oxygen atoms in total. The minimum atomic E-state index is -0.506. The van der Waals surface area contributed by atoms with Crippen LogP contribution in [-0.4, -0.2) is 73.2 Å². The maximum Gasteiger partial charge on any atom is 0.330 e. The number of rotatable bonds is 20. The van der Waals surface area contributed by atoms with Crippen LogP contribution in [0.3, 0.4) is 0 Å². The smallest absolute Gasteiger partial charge is 0.330 e. The molecule has 2 amide bonds. The van der Waals surface area contributed by atoms with Gasteiger partial charge in [-0.15, -0.1) is 0 Å². The van der Waals surface area contributed by atoms with Crippen LogP contribution >= 0.6 is 11.3 Å². The molecule has 2 aliphatic carbocycles. The van der Waals surface area contributed by atoms with E-state index in [9.17, 15) is 28.8 Å². The van der Waals surface area contributed by atoms with E-state index < -0.39 is 29.8 Å². The number of fused-ring (bicyclic) bond motifs is 1. The topological polar surface area (TPSA) is 201 Å². The Hall–Kier alpha value is -5.90. The van der Waals surface area contributed by atoms with Crippen molar-refractivity contribution in [2.45, 2.75) is 70.6 Å². The third kappa shape index (κ3) is 13.9. The van der Waals surface area contributed by atoms with E-state index in [4.69, 9.17) is 18.9 Å². The van der Waals surface area contributed by atoms with Gasteiger partial charge in [0.15, 0.2) is 0 Å². The van der Waals surface area contributed by atoms with Crippen molar-refractivity contribution in [2.75, 3.05) is 31.7 Å². The van der Waals surface area contributed by atoms with Gasteiger partial charge < -0.3 is 29.6 Å². The highest BCUT2D eigenvalue weighted by molar-refractivity contribution is 7.22. The zero-order valence-corrected chi connectivity index (χ0v) is 33.8. The molecule has 1 heterocycles. The van der Waals surface area contributed by atoms with Gasteiger partial charge in [0.25, 0.3) is 0 Å². The predicted molar refractivity (Wildman–Crippen MR) is 222 cm³/mol. The number of para-hydroxylation sites is 1.